The van der Waals surface area contributed by atoms with Crippen LogP contribution in [0.25, 0.3) is 44.6 Å². The molecular formula is C41H41BrN8O2S. The summed E-state index contributed by atoms with van der Waals surface area (Å²) in [5.74, 6) is 3.12. The number of rotatable bonds is 5. The van der Waals surface area contributed by atoms with Crippen molar-refractivity contribution in [1.82, 2.24) is 37.7 Å². The van der Waals surface area contributed by atoms with Crippen LogP contribution in [0.4, 0.5) is 0 Å². The zero-order valence-electron chi connectivity index (χ0n) is 29.6. The highest BCUT2D eigenvalue weighted by atomic mass is 79.9. The first kappa shape index (κ1) is 34.0. The second-order valence-electron chi connectivity index (χ2n) is 14.4. The van der Waals surface area contributed by atoms with E-state index in [0.717, 1.165) is 67.8 Å². The van der Waals surface area contributed by atoms with E-state index in [-0.39, 0.29) is 4.90 Å². The molecule has 1 N–H and O–H groups in total. The first-order chi connectivity index (χ1) is 25.9. The van der Waals surface area contributed by atoms with Crippen molar-refractivity contribution in [1.29, 1.82) is 0 Å². The Morgan fingerprint density at radius 3 is 2.04 bits per heavy atom. The fourth-order valence-corrected chi connectivity index (χ4v) is 10.0. The van der Waals surface area contributed by atoms with E-state index in [9.17, 15) is 8.42 Å². The number of fused-ring (bicyclic) bond motifs is 6. The second-order valence-corrected chi connectivity index (χ2v) is 17.0. The van der Waals surface area contributed by atoms with Crippen molar-refractivity contribution in [3.63, 3.8) is 0 Å². The van der Waals surface area contributed by atoms with E-state index in [1.54, 1.807) is 36.7 Å². The Morgan fingerprint density at radius 1 is 0.698 bits per heavy atom. The number of hydrogen-bond donors (Lipinski definition) is 1. The molecule has 2 aliphatic rings. The largest absolute Gasteiger partial charge is 0.345 e. The maximum atomic E-state index is 13.2. The van der Waals surface area contributed by atoms with Crippen molar-refractivity contribution in [3.05, 3.63) is 113 Å². The van der Waals surface area contributed by atoms with Gasteiger partial charge in [-0.25, -0.2) is 32.3 Å². The van der Waals surface area contributed by atoms with Crippen LogP contribution in [0.5, 0.6) is 0 Å². The Balaban J connectivity index is 0.000000143. The fourth-order valence-electron chi connectivity index (χ4n) is 8.28. The number of nitrogens with one attached hydrogen (secondary N) is 1. The number of hydrogen-bond acceptors (Lipinski definition) is 6. The molecule has 12 heteroatoms. The molecule has 53 heavy (non-hydrogen) atoms. The van der Waals surface area contributed by atoms with Gasteiger partial charge in [-0.1, -0.05) is 86.6 Å². The van der Waals surface area contributed by atoms with Gasteiger partial charge >= 0.3 is 0 Å². The normalized spacial score (nSPS) is 16.1. The molecule has 6 aromatic heterocycles. The van der Waals surface area contributed by atoms with Crippen molar-refractivity contribution in [3.8, 4) is 11.3 Å². The van der Waals surface area contributed by atoms with Crippen molar-refractivity contribution in [2.24, 2.45) is 0 Å². The first-order valence-electron chi connectivity index (χ1n) is 18.6. The number of aryl methyl sites for hydroxylation is 1. The molecule has 0 amide bonds. The van der Waals surface area contributed by atoms with Crippen LogP contribution < -0.4 is 0 Å². The minimum Gasteiger partial charge on any atom is -0.345 e. The summed E-state index contributed by atoms with van der Waals surface area (Å²) >= 11 is 3.56. The Hall–Kier alpha value is -4.81. The Kier molecular flexibility index (Phi) is 8.90. The third-order valence-corrected chi connectivity index (χ3v) is 13.3. The van der Waals surface area contributed by atoms with Gasteiger partial charge in [-0.15, -0.1) is 0 Å². The molecule has 2 saturated carbocycles. The van der Waals surface area contributed by atoms with E-state index in [0.29, 0.717) is 17.5 Å². The van der Waals surface area contributed by atoms with Crippen molar-refractivity contribution in [2.75, 3.05) is 0 Å². The zero-order valence-corrected chi connectivity index (χ0v) is 32.0. The van der Waals surface area contributed by atoms with Gasteiger partial charge in [0.05, 0.1) is 45.0 Å². The summed E-state index contributed by atoms with van der Waals surface area (Å²) in [6.45, 7) is 1.93. The molecule has 0 atom stereocenters. The summed E-state index contributed by atoms with van der Waals surface area (Å²) in [4.78, 5) is 22.5. The SMILES string of the molecule is Cc1ccc(S(=O)(=O)n2ccc3c2ncc2c(Br)nc(C4CCCCC4)n23)cc1.c1ccc(-c2nc(C3CCCCC3)n3c2cnc2[nH]ccc23)cc1. The van der Waals surface area contributed by atoms with Gasteiger partial charge in [-0.3, -0.25) is 8.80 Å². The number of benzene rings is 2. The lowest BCUT2D eigenvalue weighted by Gasteiger charge is -2.20. The molecular weight excluding hydrogens is 748 g/mol. The average molecular weight is 790 g/mol. The summed E-state index contributed by atoms with van der Waals surface area (Å²) in [5, 5.41) is 0. The van der Waals surface area contributed by atoms with Gasteiger partial charge in [0.15, 0.2) is 11.3 Å². The molecule has 270 valence electrons. The maximum absolute atomic E-state index is 13.2. The van der Waals surface area contributed by atoms with Crippen molar-refractivity contribution >= 4 is 59.3 Å². The van der Waals surface area contributed by atoms with Crippen molar-refractivity contribution in [2.45, 2.75) is 87.9 Å². The van der Waals surface area contributed by atoms with Gasteiger partial charge in [0.1, 0.15) is 16.3 Å². The number of aromatic amines is 1. The number of aromatic nitrogens is 8. The molecule has 6 heterocycles. The van der Waals surface area contributed by atoms with Crippen LogP contribution in [0.2, 0.25) is 0 Å². The summed E-state index contributed by atoms with van der Waals surface area (Å²) in [7, 11) is -3.73. The highest BCUT2D eigenvalue weighted by molar-refractivity contribution is 9.10. The van der Waals surface area contributed by atoms with Crippen LogP contribution in [0.15, 0.2) is 101 Å². The predicted molar refractivity (Wildman–Crippen MR) is 212 cm³/mol. The summed E-state index contributed by atoms with van der Waals surface area (Å²) < 4.78 is 32.9. The molecule has 10 nitrogen and oxygen atoms in total. The van der Waals surface area contributed by atoms with E-state index < -0.39 is 10.0 Å². The smallest absolute Gasteiger partial charge is 0.269 e. The monoisotopic (exact) mass is 788 g/mol. The van der Waals surface area contributed by atoms with Gasteiger partial charge in [0, 0.05) is 29.8 Å². The van der Waals surface area contributed by atoms with Gasteiger partial charge in [0.25, 0.3) is 10.0 Å². The van der Waals surface area contributed by atoms with E-state index in [1.165, 1.54) is 61.2 Å². The maximum Gasteiger partial charge on any atom is 0.269 e. The van der Waals surface area contributed by atoms with Crippen LogP contribution in [0.1, 0.15) is 93.3 Å². The minimum atomic E-state index is -3.73. The van der Waals surface area contributed by atoms with E-state index >= 15 is 0 Å². The van der Waals surface area contributed by atoms with E-state index in [4.69, 9.17) is 9.97 Å². The van der Waals surface area contributed by atoms with Crippen LogP contribution in [-0.2, 0) is 10.0 Å². The molecule has 10 rings (SSSR count). The van der Waals surface area contributed by atoms with Crippen LogP contribution >= 0.6 is 15.9 Å². The van der Waals surface area contributed by atoms with Gasteiger partial charge in [0.2, 0.25) is 0 Å². The number of imidazole rings is 2. The third kappa shape index (κ3) is 6.05. The lowest BCUT2D eigenvalue weighted by atomic mass is 9.89. The topological polar surface area (TPSA) is 115 Å². The lowest BCUT2D eigenvalue weighted by Crippen LogP contribution is -2.13. The Bertz CT molecular complexity index is 2680. The Morgan fingerprint density at radius 2 is 1.34 bits per heavy atom. The summed E-state index contributed by atoms with van der Waals surface area (Å²) in [5.41, 5.74) is 8.43. The second kappa shape index (κ2) is 13.9. The van der Waals surface area contributed by atoms with E-state index in [2.05, 4.69) is 70.0 Å². The van der Waals surface area contributed by atoms with E-state index in [1.807, 2.05) is 31.5 Å². The first-order valence-corrected chi connectivity index (χ1v) is 20.9. The number of H-pyrrole nitrogens is 1. The van der Waals surface area contributed by atoms with Crippen LogP contribution in [-0.4, -0.2) is 46.1 Å². The predicted octanol–water partition coefficient (Wildman–Crippen LogP) is 9.96. The molecule has 0 unspecified atom stereocenters. The minimum absolute atomic E-state index is 0.252. The number of halogens is 1. The summed E-state index contributed by atoms with van der Waals surface area (Å²) in [6, 6.07) is 21.3. The molecule has 2 fully saturated rings. The van der Waals surface area contributed by atoms with Gasteiger partial charge in [-0.05, 0) is 72.8 Å². The molecule has 8 aromatic rings. The lowest BCUT2D eigenvalue weighted by molar-refractivity contribution is 0.428. The molecule has 0 radical (unpaired) electrons. The average Bonchev–Trinajstić information content (AvgIpc) is 4.00. The zero-order chi connectivity index (χ0) is 36.1. The fraction of sp³-hybridized carbons (Fsp3) is 0.317. The third-order valence-electron chi connectivity index (χ3n) is 11.0. The Labute approximate surface area is 316 Å². The molecule has 2 aromatic carbocycles. The number of nitrogens with zero attached hydrogens (tertiary/aromatic N) is 7. The molecule has 0 saturated heterocycles. The standard InChI is InChI=1S/C21H21BrN4O2S.C20H20N4/c1-14-7-9-16(10-8-14)29(27,28)25-12-11-17-21(25)23-13-18-19(22)24-20(26(17)18)15-5-3-2-4-6-15;1-3-7-14(8-4-1)18-17-13-22-19-16(11-12-21-19)24(17)20(23-18)15-9-5-2-6-10-15/h7-13,15H,2-6H2,1H3;1,3-4,7-8,11-13,15,21H,2,5-6,9-10H2. The molecule has 0 spiro atoms. The van der Waals surface area contributed by atoms with Gasteiger partial charge in [-0.2, -0.15) is 0 Å². The molecule has 2 aliphatic carbocycles. The quantitative estimate of drug-likeness (QED) is 0.186. The molecule has 0 aliphatic heterocycles. The summed E-state index contributed by atoms with van der Waals surface area (Å²) in [6.07, 6.45) is 19.5. The van der Waals surface area contributed by atoms with Crippen LogP contribution in [0, 0.1) is 6.92 Å². The van der Waals surface area contributed by atoms with Crippen LogP contribution in [0.3, 0.4) is 0 Å². The van der Waals surface area contributed by atoms with Gasteiger partial charge < -0.3 is 4.98 Å². The highest BCUT2D eigenvalue weighted by Gasteiger charge is 2.27. The van der Waals surface area contributed by atoms with Crippen molar-refractivity contribution < 1.29 is 8.42 Å². The highest BCUT2D eigenvalue weighted by Crippen LogP contribution is 2.38. The molecule has 0 bridgehead atoms.